The van der Waals surface area contributed by atoms with Gasteiger partial charge in [-0.2, -0.15) is 5.10 Å². The number of nitrogens with zero attached hydrogens (tertiary/aromatic N) is 3. The van der Waals surface area contributed by atoms with Crippen LogP contribution in [0.2, 0.25) is 5.15 Å². The van der Waals surface area contributed by atoms with Crippen LogP contribution in [0.5, 0.6) is 5.75 Å². The molecule has 1 aliphatic rings. The summed E-state index contributed by atoms with van der Waals surface area (Å²) in [7, 11) is 0. The highest BCUT2D eigenvalue weighted by Crippen LogP contribution is 2.21. The third-order valence-electron chi connectivity index (χ3n) is 3.07. The average molecular weight is 279 g/mol. The summed E-state index contributed by atoms with van der Waals surface area (Å²) in [5.74, 6) is 0.812. The van der Waals surface area contributed by atoms with Gasteiger partial charge in [-0.25, -0.2) is 4.98 Å². The maximum atomic E-state index is 5.93. The third kappa shape index (κ3) is 2.72. The van der Waals surface area contributed by atoms with Crippen molar-refractivity contribution in [2.75, 3.05) is 6.54 Å². The Hall–Kier alpha value is -1.59. The van der Waals surface area contributed by atoms with E-state index >= 15 is 0 Å². The first kappa shape index (κ1) is 12.4. The minimum atomic E-state index is 0.403. The van der Waals surface area contributed by atoms with Crippen LogP contribution in [0.4, 0.5) is 0 Å². The lowest BCUT2D eigenvalue weighted by Crippen LogP contribution is -2.28. The maximum absolute atomic E-state index is 5.93. The molecule has 3 rings (SSSR count). The summed E-state index contributed by atoms with van der Waals surface area (Å²) in [5.41, 5.74) is 3.00. The van der Waals surface area contributed by atoms with Crippen molar-refractivity contribution < 1.29 is 4.74 Å². The summed E-state index contributed by atoms with van der Waals surface area (Å²) in [4.78, 5) is 4.24. The monoisotopic (exact) mass is 278 g/mol. The molecule has 0 saturated heterocycles. The van der Waals surface area contributed by atoms with E-state index in [2.05, 4.69) is 15.4 Å². The van der Waals surface area contributed by atoms with Crippen LogP contribution >= 0.6 is 11.6 Å². The van der Waals surface area contributed by atoms with Gasteiger partial charge in [0.1, 0.15) is 11.8 Å². The van der Waals surface area contributed by atoms with Crippen molar-refractivity contribution in [3.05, 3.63) is 40.4 Å². The fourth-order valence-electron chi connectivity index (χ4n) is 2.20. The fourth-order valence-corrected chi connectivity index (χ4v) is 2.48. The van der Waals surface area contributed by atoms with Crippen LogP contribution in [-0.2, 0) is 19.7 Å². The molecule has 0 fully saturated rings. The number of ether oxygens (including phenoxy) is 1. The highest BCUT2D eigenvalue weighted by molar-refractivity contribution is 6.29. The summed E-state index contributed by atoms with van der Waals surface area (Å²) >= 11 is 5.93. The van der Waals surface area contributed by atoms with Crippen LogP contribution in [-0.4, -0.2) is 21.3 Å². The maximum Gasteiger partial charge on any atom is 0.162 e. The molecule has 100 valence electrons. The standard InChI is InChI=1S/C13H15ClN4O/c1-9-4-10(17-13(14)5-9)8-19-12-7-16-18-3-2-15-6-11(12)18/h4-5,7,15H,2-3,6,8H2,1H3. The molecule has 2 aromatic heterocycles. The van der Waals surface area contributed by atoms with E-state index in [9.17, 15) is 0 Å². The van der Waals surface area contributed by atoms with E-state index in [0.717, 1.165) is 42.3 Å². The first-order valence-electron chi connectivity index (χ1n) is 6.23. The van der Waals surface area contributed by atoms with E-state index in [1.54, 1.807) is 6.20 Å². The second-order valence-corrected chi connectivity index (χ2v) is 4.99. The molecule has 2 aromatic rings. The summed E-state index contributed by atoms with van der Waals surface area (Å²) in [6, 6.07) is 3.80. The van der Waals surface area contributed by atoms with Gasteiger partial charge in [0, 0.05) is 13.1 Å². The van der Waals surface area contributed by atoms with Crippen molar-refractivity contribution >= 4 is 11.6 Å². The van der Waals surface area contributed by atoms with Gasteiger partial charge in [-0.05, 0) is 24.6 Å². The molecule has 1 N–H and O–H groups in total. The van der Waals surface area contributed by atoms with Gasteiger partial charge in [0.25, 0.3) is 0 Å². The molecule has 0 aliphatic carbocycles. The Morgan fingerprint density at radius 3 is 3.21 bits per heavy atom. The van der Waals surface area contributed by atoms with Crippen LogP contribution in [0.3, 0.4) is 0 Å². The first-order chi connectivity index (χ1) is 9.22. The number of halogens is 1. The first-order valence-corrected chi connectivity index (χ1v) is 6.61. The molecule has 1 aliphatic heterocycles. The van der Waals surface area contributed by atoms with Crippen molar-refractivity contribution in [3.63, 3.8) is 0 Å². The number of aromatic nitrogens is 3. The molecule has 0 radical (unpaired) electrons. The van der Waals surface area contributed by atoms with Crippen LogP contribution < -0.4 is 10.1 Å². The lowest BCUT2D eigenvalue weighted by Gasteiger charge is -2.16. The third-order valence-corrected chi connectivity index (χ3v) is 3.26. The van der Waals surface area contributed by atoms with Gasteiger partial charge >= 0.3 is 0 Å². The smallest absolute Gasteiger partial charge is 0.162 e. The van der Waals surface area contributed by atoms with E-state index in [-0.39, 0.29) is 0 Å². The lowest BCUT2D eigenvalue weighted by atomic mass is 10.2. The molecular weight excluding hydrogens is 264 g/mol. The zero-order valence-electron chi connectivity index (χ0n) is 10.7. The van der Waals surface area contributed by atoms with E-state index < -0.39 is 0 Å². The van der Waals surface area contributed by atoms with E-state index in [0.29, 0.717) is 11.8 Å². The minimum absolute atomic E-state index is 0.403. The Labute approximate surface area is 116 Å². The Morgan fingerprint density at radius 1 is 1.47 bits per heavy atom. The summed E-state index contributed by atoms with van der Waals surface area (Å²) in [6.07, 6.45) is 1.76. The molecule has 0 aromatic carbocycles. The quantitative estimate of drug-likeness (QED) is 0.872. The number of pyridine rings is 1. The van der Waals surface area contributed by atoms with Gasteiger partial charge < -0.3 is 10.1 Å². The van der Waals surface area contributed by atoms with Crippen LogP contribution in [0, 0.1) is 6.92 Å². The summed E-state index contributed by atoms with van der Waals surface area (Å²) in [5, 5.41) is 8.11. The van der Waals surface area contributed by atoms with Crippen molar-refractivity contribution in [2.24, 2.45) is 0 Å². The molecule has 0 unspecified atom stereocenters. The van der Waals surface area contributed by atoms with E-state index in [4.69, 9.17) is 16.3 Å². The van der Waals surface area contributed by atoms with Crippen molar-refractivity contribution in [3.8, 4) is 5.75 Å². The highest BCUT2D eigenvalue weighted by Gasteiger charge is 2.15. The molecule has 0 saturated carbocycles. The van der Waals surface area contributed by atoms with Crippen LogP contribution in [0.25, 0.3) is 0 Å². The molecule has 5 nitrogen and oxygen atoms in total. The average Bonchev–Trinajstić information content (AvgIpc) is 2.78. The molecule has 0 atom stereocenters. The van der Waals surface area contributed by atoms with Gasteiger partial charge in [-0.1, -0.05) is 11.6 Å². The molecular formula is C13H15ClN4O. The van der Waals surface area contributed by atoms with Crippen LogP contribution in [0.15, 0.2) is 18.3 Å². The summed E-state index contributed by atoms with van der Waals surface area (Å²) < 4.78 is 7.77. The molecule has 19 heavy (non-hydrogen) atoms. The number of rotatable bonds is 3. The van der Waals surface area contributed by atoms with Gasteiger partial charge in [0.05, 0.1) is 24.1 Å². The van der Waals surface area contributed by atoms with Gasteiger partial charge in [0.15, 0.2) is 5.75 Å². The normalized spacial score (nSPS) is 14.2. The zero-order valence-corrected chi connectivity index (χ0v) is 11.4. The molecule has 3 heterocycles. The SMILES string of the molecule is Cc1cc(Cl)nc(COc2cnn3c2CNCC3)c1. The predicted molar refractivity (Wildman–Crippen MR) is 72.2 cm³/mol. The topological polar surface area (TPSA) is 52.0 Å². The van der Waals surface area contributed by atoms with Crippen molar-refractivity contribution in [1.29, 1.82) is 0 Å². The number of nitrogens with one attached hydrogen (secondary N) is 1. The number of aryl methyl sites for hydroxylation is 1. The molecule has 6 heteroatoms. The number of hydrogen-bond donors (Lipinski definition) is 1. The number of fused-ring (bicyclic) bond motifs is 1. The minimum Gasteiger partial charge on any atom is -0.484 e. The Bertz CT molecular complexity index is 576. The van der Waals surface area contributed by atoms with Gasteiger partial charge in [0.2, 0.25) is 0 Å². The molecule has 0 bridgehead atoms. The highest BCUT2D eigenvalue weighted by atomic mass is 35.5. The van der Waals surface area contributed by atoms with Crippen molar-refractivity contribution in [2.45, 2.75) is 26.6 Å². The molecule has 0 spiro atoms. The largest absolute Gasteiger partial charge is 0.484 e. The molecule has 0 amide bonds. The fraction of sp³-hybridized carbons (Fsp3) is 0.385. The van der Waals surface area contributed by atoms with Crippen LogP contribution in [0.1, 0.15) is 17.0 Å². The number of hydrogen-bond acceptors (Lipinski definition) is 4. The Kier molecular flexibility index (Phi) is 3.40. The summed E-state index contributed by atoms with van der Waals surface area (Å²) in [6.45, 7) is 5.01. The van der Waals surface area contributed by atoms with E-state index in [1.807, 2.05) is 23.7 Å². The predicted octanol–water partition coefficient (Wildman–Crippen LogP) is 1.92. The van der Waals surface area contributed by atoms with E-state index in [1.165, 1.54) is 0 Å². The second-order valence-electron chi connectivity index (χ2n) is 4.60. The Morgan fingerprint density at radius 2 is 2.37 bits per heavy atom. The second kappa shape index (κ2) is 5.19. The Balaban J connectivity index is 1.74. The van der Waals surface area contributed by atoms with Gasteiger partial charge in [-0.3, -0.25) is 4.68 Å². The van der Waals surface area contributed by atoms with Crippen molar-refractivity contribution in [1.82, 2.24) is 20.1 Å². The lowest BCUT2D eigenvalue weighted by molar-refractivity contribution is 0.294. The zero-order chi connectivity index (χ0) is 13.2. The van der Waals surface area contributed by atoms with Gasteiger partial charge in [-0.15, -0.1) is 0 Å².